The van der Waals surface area contributed by atoms with Crippen molar-refractivity contribution in [2.24, 2.45) is 5.92 Å². The van der Waals surface area contributed by atoms with Crippen molar-refractivity contribution in [3.05, 3.63) is 99.3 Å². The lowest BCUT2D eigenvalue weighted by Crippen LogP contribution is -2.37. The summed E-state index contributed by atoms with van der Waals surface area (Å²) in [5.74, 6) is 2.98. The summed E-state index contributed by atoms with van der Waals surface area (Å²) < 4.78 is 37.4. The van der Waals surface area contributed by atoms with Crippen LogP contribution in [0.4, 0.5) is 4.39 Å². The van der Waals surface area contributed by atoms with Gasteiger partial charge < -0.3 is 23.9 Å². The van der Waals surface area contributed by atoms with Gasteiger partial charge in [0.2, 0.25) is 6.79 Å². The maximum atomic E-state index is 13.6. The fourth-order valence-corrected chi connectivity index (χ4v) is 5.78. The van der Waals surface area contributed by atoms with E-state index in [4.69, 9.17) is 18.9 Å². The van der Waals surface area contributed by atoms with Crippen molar-refractivity contribution in [3.63, 3.8) is 0 Å². The Hall–Kier alpha value is -4.97. The number of aromatic nitrogens is 5. The summed E-state index contributed by atoms with van der Waals surface area (Å²) in [5.41, 5.74) is 3.00. The fourth-order valence-electron chi connectivity index (χ4n) is 5.78. The summed E-state index contributed by atoms with van der Waals surface area (Å²) in [6.45, 7) is 5.65. The highest BCUT2D eigenvalue weighted by atomic mass is 19.1. The van der Waals surface area contributed by atoms with E-state index in [9.17, 15) is 9.18 Å². The number of methoxy groups -OCH3 is 2. The molecule has 0 aliphatic carbocycles. The molecule has 1 atom stereocenters. The number of hydrogen-bond acceptors (Lipinski definition) is 9. The van der Waals surface area contributed by atoms with E-state index in [0.717, 1.165) is 16.5 Å². The van der Waals surface area contributed by atoms with Crippen molar-refractivity contribution >= 4 is 10.9 Å². The summed E-state index contributed by atoms with van der Waals surface area (Å²) in [4.78, 5) is 18.7. The predicted molar refractivity (Wildman–Crippen MR) is 165 cm³/mol. The van der Waals surface area contributed by atoms with Crippen LogP contribution >= 0.6 is 0 Å². The highest BCUT2D eigenvalue weighted by Gasteiger charge is 2.30. The van der Waals surface area contributed by atoms with Gasteiger partial charge in [0, 0.05) is 30.1 Å². The average molecular weight is 615 g/mol. The smallest absolute Gasteiger partial charge is 0.252 e. The maximum Gasteiger partial charge on any atom is 0.252 e. The Bertz CT molecular complexity index is 1860. The monoisotopic (exact) mass is 614 g/mol. The first kappa shape index (κ1) is 30.1. The zero-order valence-electron chi connectivity index (χ0n) is 25.6. The van der Waals surface area contributed by atoms with Crippen LogP contribution in [0.25, 0.3) is 10.9 Å². The molecule has 0 fully saturated rings. The van der Waals surface area contributed by atoms with Gasteiger partial charge in [0.25, 0.3) is 5.56 Å². The molecular weight excluding hydrogens is 579 g/mol. The molecule has 1 N–H and O–H groups in total. The second-order valence-electron chi connectivity index (χ2n) is 11.3. The van der Waals surface area contributed by atoms with E-state index < -0.39 is 0 Å². The molecule has 0 spiro atoms. The van der Waals surface area contributed by atoms with E-state index in [1.807, 2.05) is 30.3 Å². The van der Waals surface area contributed by atoms with Gasteiger partial charge >= 0.3 is 0 Å². The van der Waals surface area contributed by atoms with E-state index in [2.05, 4.69) is 39.3 Å². The van der Waals surface area contributed by atoms with E-state index in [-0.39, 0.29) is 30.1 Å². The number of ether oxygens (including phenoxy) is 4. The fraction of sp³-hybridized carbons (Fsp3) is 0.333. The van der Waals surface area contributed by atoms with Crippen LogP contribution in [0.2, 0.25) is 0 Å². The minimum atomic E-state index is -0.304. The number of halogens is 1. The van der Waals surface area contributed by atoms with Gasteiger partial charge in [-0.1, -0.05) is 32.0 Å². The van der Waals surface area contributed by atoms with E-state index in [0.29, 0.717) is 66.0 Å². The Labute approximate surface area is 259 Å². The zero-order chi connectivity index (χ0) is 31.5. The summed E-state index contributed by atoms with van der Waals surface area (Å²) in [5, 5.41) is 13.6. The lowest BCUT2D eigenvalue weighted by Gasteiger charge is -2.33. The Balaban J connectivity index is 1.36. The van der Waals surface area contributed by atoms with Crippen molar-refractivity contribution < 1.29 is 23.3 Å². The van der Waals surface area contributed by atoms with Crippen LogP contribution in [0.3, 0.4) is 0 Å². The Morgan fingerprint density at radius 3 is 2.44 bits per heavy atom. The van der Waals surface area contributed by atoms with Crippen molar-refractivity contribution in [1.82, 2.24) is 30.1 Å². The van der Waals surface area contributed by atoms with Crippen LogP contribution in [0.1, 0.15) is 42.4 Å². The Morgan fingerprint density at radius 2 is 1.71 bits per heavy atom. The number of tetrazole rings is 1. The summed E-state index contributed by atoms with van der Waals surface area (Å²) in [6, 6.07) is 17.5. The molecule has 0 amide bonds. The molecule has 0 saturated heterocycles. The first-order chi connectivity index (χ1) is 21.8. The van der Waals surface area contributed by atoms with Crippen LogP contribution in [0, 0.1) is 11.7 Å². The van der Waals surface area contributed by atoms with Gasteiger partial charge in [-0.25, -0.2) is 9.07 Å². The molecule has 2 aromatic heterocycles. The van der Waals surface area contributed by atoms with Gasteiger partial charge in [-0.2, -0.15) is 0 Å². The standard InChI is InChI=1S/C33H35FN6O5/c1-20(2)31(32-36-37-38-40(32)17-22-5-8-25(34)9-6-22)39(12-11-21-7-10-27(42-3)28(13-21)43-4)18-24-14-23-15-29-30(45-19-44-29)16-26(23)35-33(24)41/h5-10,13-16,20,31H,11-12,17-19H2,1-4H3,(H,35,41). The summed E-state index contributed by atoms with van der Waals surface area (Å²) in [7, 11) is 3.22. The first-order valence-corrected chi connectivity index (χ1v) is 14.7. The van der Waals surface area contributed by atoms with Gasteiger partial charge in [-0.3, -0.25) is 9.69 Å². The predicted octanol–water partition coefficient (Wildman–Crippen LogP) is 4.89. The molecule has 0 radical (unpaired) electrons. The molecule has 3 heterocycles. The molecule has 12 heteroatoms. The third-order valence-electron chi connectivity index (χ3n) is 8.02. The minimum Gasteiger partial charge on any atom is -0.493 e. The quantitative estimate of drug-likeness (QED) is 0.210. The SMILES string of the molecule is COc1ccc(CCN(Cc2cc3cc4c(cc3[nH]c2=O)OCO4)C(c2nnnn2Cc2ccc(F)cc2)C(C)C)cc1OC. The summed E-state index contributed by atoms with van der Waals surface area (Å²) >= 11 is 0. The number of aromatic amines is 1. The van der Waals surface area contributed by atoms with E-state index >= 15 is 0 Å². The number of pyridine rings is 1. The van der Waals surface area contributed by atoms with Crippen LogP contribution in [0.5, 0.6) is 23.0 Å². The molecule has 1 aliphatic heterocycles. The Morgan fingerprint density at radius 1 is 0.978 bits per heavy atom. The number of benzene rings is 3. The van der Waals surface area contributed by atoms with Gasteiger partial charge in [0.15, 0.2) is 28.8 Å². The molecule has 6 rings (SSSR count). The number of hydrogen-bond donors (Lipinski definition) is 1. The van der Waals surface area contributed by atoms with Crippen LogP contribution < -0.4 is 24.5 Å². The number of H-pyrrole nitrogens is 1. The van der Waals surface area contributed by atoms with Crippen molar-refractivity contribution in [2.75, 3.05) is 27.6 Å². The molecule has 0 bridgehead atoms. The van der Waals surface area contributed by atoms with Gasteiger partial charge in [0.1, 0.15) is 5.82 Å². The third kappa shape index (κ3) is 6.46. The molecule has 11 nitrogen and oxygen atoms in total. The van der Waals surface area contributed by atoms with E-state index in [1.54, 1.807) is 37.1 Å². The zero-order valence-corrected chi connectivity index (χ0v) is 25.6. The third-order valence-corrected chi connectivity index (χ3v) is 8.02. The molecule has 45 heavy (non-hydrogen) atoms. The lowest BCUT2D eigenvalue weighted by atomic mass is 9.99. The maximum absolute atomic E-state index is 13.6. The number of nitrogens with one attached hydrogen (secondary N) is 1. The van der Waals surface area contributed by atoms with Crippen LogP contribution in [-0.2, 0) is 19.5 Å². The number of rotatable bonds is 12. The average Bonchev–Trinajstić information content (AvgIpc) is 3.69. The van der Waals surface area contributed by atoms with Crippen molar-refractivity contribution in [2.45, 2.75) is 39.4 Å². The second-order valence-corrected chi connectivity index (χ2v) is 11.3. The van der Waals surface area contributed by atoms with Crippen LogP contribution in [-0.4, -0.2) is 57.6 Å². The second kappa shape index (κ2) is 12.9. The summed E-state index contributed by atoms with van der Waals surface area (Å²) in [6.07, 6.45) is 0.660. The molecule has 1 unspecified atom stereocenters. The highest BCUT2D eigenvalue weighted by molar-refractivity contribution is 5.83. The molecular formula is C33H35FN6O5. The lowest BCUT2D eigenvalue weighted by molar-refractivity contribution is 0.136. The first-order valence-electron chi connectivity index (χ1n) is 14.7. The topological polar surface area (TPSA) is 117 Å². The minimum absolute atomic E-state index is 0.0710. The molecule has 5 aromatic rings. The highest BCUT2D eigenvalue weighted by Crippen LogP contribution is 2.36. The van der Waals surface area contributed by atoms with Crippen molar-refractivity contribution in [3.8, 4) is 23.0 Å². The van der Waals surface area contributed by atoms with Gasteiger partial charge in [0.05, 0.1) is 32.3 Å². The van der Waals surface area contributed by atoms with Gasteiger partial charge in [-0.15, -0.1) is 5.10 Å². The molecule has 234 valence electrons. The van der Waals surface area contributed by atoms with Crippen LogP contribution in [0.15, 0.2) is 65.5 Å². The molecule has 3 aromatic carbocycles. The number of fused-ring (bicyclic) bond motifs is 2. The normalized spacial score (nSPS) is 13.1. The van der Waals surface area contributed by atoms with E-state index in [1.165, 1.54) is 12.1 Å². The number of nitrogens with zero attached hydrogens (tertiary/aromatic N) is 5. The molecule has 0 saturated carbocycles. The van der Waals surface area contributed by atoms with Crippen molar-refractivity contribution in [1.29, 1.82) is 0 Å². The van der Waals surface area contributed by atoms with Gasteiger partial charge in [-0.05, 0) is 70.3 Å². The Kier molecular flexibility index (Phi) is 8.65. The molecule has 1 aliphatic rings. The largest absolute Gasteiger partial charge is 0.493 e.